The van der Waals surface area contributed by atoms with E-state index in [1.165, 1.54) is 0 Å². The number of nitrogens with zero attached hydrogens (tertiary/aromatic N) is 2. The van der Waals surface area contributed by atoms with Crippen LogP contribution in [0.3, 0.4) is 0 Å². The summed E-state index contributed by atoms with van der Waals surface area (Å²) in [5.41, 5.74) is 5.95. The molecule has 1 saturated heterocycles. The van der Waals surface area contributed by atoms with E-state index in [1.54, 1.807) is 6.92 Å². The van der Waals surface area contributed by atoms with E-state index < -0.39 is 6.10 Å². The Morgan fingerprint density at radius 2 is 1.62 bits per heavy atom. The highest BCUT2D eigenvalue weighted by atomic mass is 16.3. The zero-order chi connectivity index (χ0) is 21.5. The van der Waals surface area contributed by atoms with Crippen LogP contribution in [0.15, 0.2) is 12.2 Å². The fourth-order valence-electron chi connectivity index (χ4n) is 3.06. The predicted octanol–water partition coefficient (Wildman–Crippen LogP) is -1.51. The summed E-state index contributed by atoms with van der Waals surface area (Å²) in [5, 5.41) is 18.3. The first-order valence-electron chi connectivity index (χ1n) is 10.7. The maximum Gasteiger partial charge on any atom is 0.246 e. The number of aliphatic hydroxyl groups is 1. The molecule has 0 aromatic rings. The molecule has 1 heterocycles. The second kappa shape index (κ2) is 15.3. The van der Waals surface area contributed by atoms with Crippen molar-refractivity contribution in [2.24, 2.45) is 5.73 Å². The number of piperazine rings is 1. The van der Waals surface area contributed by atoms with Crippen LogP contribution in [0.1, 0.15) is 26.2 Å². The van der Waals surface area contributed by atoms with Crippen molar-refractivity contribution < 1.29 is 14.7 Å². The van der Waals surface area contributed by atoms with Crippen LogP contribution in [0.2, 0.25) is 0 Å². The van der Waals surface area contributed by atoms with Gasteiger partial charge in [-0.15, -0.1) is 0 Å². The minimum Gasteiger partial charge on any atom is -0.389 e. The third-order valence-electron chi connectivity index (χ3n) is 4.92. The van der Waals surface area contributed by atoms with E-state index in [9.17, 15) is 14.7 Å². The van der Waals surface area contributed by atoms with Gasteiger partial charge in [-0.2, -0.15) is 0 Å². The van der Waals surface area contributed by atoms with Crippen molar-refractivity contribution in [3.8, 4) is 0 Å². The number of amides is 2. The molecule has 0 bridgehead atoms. The molecule has 0 aromatic carbocycles. The van der Waals surface area contributed by atoms with Gasteiger partial charge in [0.25, 0.3) is 0 Å². The number of nitrogens with one attached hydrogen (secondary N) is 3. The topological polar surface area (TPSA) is 123 Å². The molecule has 0 aliphatic carbocycles. The van der Waals surface area contributed by atoms with Crippen molar-refractivity contribution in [2.45, 2.75) is 32.3 Å². The van der Waals surface area contributed by atoms with Gasteiger partial charge in [0, 0.05) is 57.8 Å². The summed E-state index contributed by atoms with van der Waals surface area (Å²) in [5.74, 6) is -0.413. The van der Waals surface area contributed by atoms with Crippen molar-refractivity contribution in [3.63, 3.8) is 0 Å². The molecule has 0 radical (unpaired) electrons. The molecule has 1 fully saturated rings. The highest BCUT2D eigenvalue weighted by molar-refractivity contribution is 5.92. The molecule has 9 nitrogen and oxygen atoms in total. The summed E-state index contributed by atoms with van der Waals surface area (Å²) in [7, 11) is 0. The maximum absolute atomic E-state index is 11.8. The van der Waals surface area contributed by atoms with E-state index in [1.807, 2.05) is 0 Å². The Labute approximate surface area is 175 Å². The Morgan fingerprint density at radius 3 is 2.21 bits per heavy atom. The second-order valence-corrected chi connectivity index (χ2v) is 7.63. The Hall–Kier alpha value is -1.52. The summed E-state index contributed by atoms with van der Waals surface area (Å²) in [6.45, 7) is 14.2. The Kier molecular flexibility index (Phi) is 13.5. The second-order valence-electron chi connectivity index (χ2n) is 7.63. The first-order chi connectivity index (χ1) is 13.9. The van der Waals surface area contributed by atoms with E-state index >= 15 is 0 Å². The van der Waals surface area contributed by atoms with E-state index in [4.69, 9.17) is 5.73 Å². The fourth-order valence-corrected chi connectivity index (χ4v) is 3.06. The van der Waals surface area contributed by atoms with Gasteiger partial charge >= 0.3 is 0 Å². The zero-order valence-electron chi connectivity index (χ0n) is 17.9. The van der Waals surface area contributed by atoms with Gasteiger partial charge < -0.3 is 36.6 Å². The Bertz CT molecular complexity index is 495. The third-order valence-corrected chi connectivity index (χ3v) is 4.92. The molecule has 1 aliphatic rings. The fraction of sp³-hybridized carbons (Fsp3) is 0.800. The number of nitrogens with two attached hydrogens (primary N) is 1. The standard InChI is InChI=1S/C20H40N6O3/c1-17(2)20(29)24-16-18(27)15-23-19(28)5-8-22-7-4-10-26-13-11-25(12-14-26)9-3-6-21/h18,22,27H,1,3-16,21H2,2H3,(H,23,28)(H,24,29). The average Bonchev–Trinajstić information content (AvgIpc) is 2.72. The van der Waals surface area contributed by atoms with Crippen LogP contribution in [0.5, 0.6) is 0 Å². The number of hydrogen-bond donors (Lipinski definition) is 5. The smallest absolute Gasteiger partial charge is 0.246 e. The van der Waals surface area contributed by atoms with E-state index in [0.717, 1.165) is 65.2 Å². The minimum absolute atomic E-state index is 0.0888. The normalized spacial score (nSPS) is 16.4. The molecule has 1 rings (SSSR count). The lowest BCUT2D eigenvalue weighted by Crippen LogP contribution is -2.47. The predicted molar refractivity (Wildman–Crippen MR) is 115 cm³/mol. The molecule has 0 aromatic heterocycles. The molecule has 168 valence electrons. The summed E-state index contributed by atoms with van der Waals surface area (Å²) in [4.78, 5) is 28.1. The lowest BCUT2D eigenvalue weighted by Gasteiger charge is -2.34. The summed E-state index contributed by atoms with van der Waals surface area (Å²) >= 11 is 0. The Balaban J connectivity index is 1.95. The van der Waals surface area contributed by atoms with Gasteiger partial charge in [-0.25, -0.2) is 0 Å². The molecule has 0 saturated carbocycles. The molecule has 6 N–H and O–H groups in total. The molecule has 29 heavy (non-hydrogen) atoms. The van der Waals surface area contributed by atoms with Crippen LogP contribution in [-0.2, 0) is 9.59 Å². The van der Waals surface area contributed by atoms with Crippen LogP contribution in [0.25, 0.3) is 0 Å². The molecule has 9 heteroatoms. The van der Waals surface area contributed by atoms with Gasteiger partial charge in [0.1, 0.15) is 0 Å². The third kappa shape index (κ3) is 12.6. The first kappa shape index (κ1) is 25.5. The van der Waals surface area contributed by atoms with Crippen molar-refractivity contribution >= 4 is 11.8 Å². The van der Waals surface area contributed by atoms with E-state index in [-0.39, 0.29) is 24.9 Å². The van der Waals surface area contributed by atoms with Crippen LogP contribution in [0.4, 0.5) is 0 Å². The van der Waals surface area contributed by atoms with Gasteiger partial charge in [0.2, 0.25) is 11.8 Å². The highest BCUT2D eigenvalue weighted by Gasteiger charge is 2.15. The molecule has 0 spiro atoms. The van der Waals surface area contributed by atoms with E-state index in [0.29, 0.717) is 18.5 Å². The summed E-state index contributed by atoms with van der Waals surface area (Å²) in [6, 6.07) is 0. The van der Waals surface area contributed by atoms with Crippen molar-refractivity contribution in [1.29, 1.82) is 0 Å². The number of carbonyl (C=O) groups is 2. The molecule has 1 aliphatic heterocycles. The number of hydrogen-bond acceptors (Lipinski definition) is 7. The Morgan fingerprint density at radius 1 is 1.03 bits per heavy atom. The van der Waals surface area contributed by atoms with Crippen LogP contribution in [-0.4, -0.2) is 105 Å². The van der Waals surface area contributed by atoms with Gasteiger partial charge in [-0.05, 0) is 45.9 Å². The number of aliphatic hydroxyl groups excluding tert-OH is 1. The number of rotatable bonds is 15. The van der Waals surface area contributed by atoms with Crippen molar-refractivity contribution in [3.05, 3.63) is 12.2 Å². The monoisotopic (exact) mass is 412 g/mol. The lowest BCUT2D eigenvalue weighted by molar-refractivity contribution is -0.121. The molecular weight excluding hydrogens is 372 g/mol. The summed E-state index contributed by atoms with van der Waals surface area (Å²) in [6.07, 6.45) is 1.68. The molecule has 1 unspecified atom stereocenters. The molecule has 1 atom stereocenters. The van der Waals surface area contributed by atoms with Crippen LogP contribution >= 0.6 is 0 Å². The van der Waals surface area contributed by atoms with E-state index in [2.05, 4.69) is 32.3 Å². The van der Waals surface area contributed by atoms with Crippen molar-refractivity contribution in [2.75, 3.05) is 72.0 Å². The van der Waals surface area contributed by atoms with Crippen LogP contribution in [0, 0.1) is 0 Å². The summed E-state index contributed by atoms with van der Waals surface area (Å²) < 4.78 is 0. The van der Waals surface area contributed by atoms with Crippen LogP contribution < -0.4 is 21.7 Å². The van der Waals surface area contributed by atoms with Gasteiger partial charge in [0.15, 0.2) is 0 Å². The van der Waals surface area contributed by atoms with Crippen molar-refractivity contribution in [1.82, 2.24) is 25.8 Å². The zero-order valence-corrected chi connectivity index (χ0v) is 17.9. The van der Waals surface area contributed by atoms with Gasteiger partial charge in [0.05, 0.1) is 6.10 Å². The minimum atomic E-state index is -0.814. The van der Waals surface area contributed by atoms with Gasteiger partial charge in [-0.3, -0.25) is 9.59 Å². The quantitative estimate of drug-likeness (QED) is 0.164. The lowest BCUT2D eigenvalue weighted by atomic mass is 10.2. The number of carbonyl (C=O) groups excluding carboxylic acids is 2. The molecular formula is C20H40N6O3. The largest absolute Gasteiger partial charge is 0.389 e. The first-order valence-corrected chi connectivity index (χ1v) is 10.7. The molecule has 2 amide bonds. The average molecular weight is 413 g/mol. The van der Waals surface area contributed by atoms with Gasteiger partial charge in [-0.1, -0.05) is 6.58 Å². The SMILES string of the molecule is C=C(C)C(=O)NCC(O)CNC(=O)CCNCCCN1CCN(CCCN)CC1. The maximum atomic E-state index is 11.8. The highest BCUT2D eigenvalue weighted by Crippen LogP contribution is 2.02.